The van der Waals surface area contributed by atoms with E-state index < -0.39 is 58.7 Å². The number of hydrogen-bond acceptors (Lipinski definition) is 8. The highest BCUT2D eigenvalue weighted by Crippen LogP contribution is 2.65. The minimum Gasteiger partial charge on any atom is -0.504 e. The Labute approximate surface area is 297 Å². The number of allylic oxidation sites excluding steroid dienone is 2. The van der Waals surface area contributed by atoms with Crippen molar-refractivity contribution in [1.29, 1.82) is 0 Å². The Morgan fingerprint density at radius 1 is 1.00 bits per heavy atom. The first kappa shape index (κ1) is 33.5. The van der Waals surface area contributed by atoms with Gasteiger partial charge < -0.3 is 14.9 Å². The van der Waals surface area contributed by atoms with Gasteiger partial charge in [-0.05, 0) is 61.9 Å². The van der Waals surface area contributed by atoms with E-state index in [1.54, 1.807) is 36.4 Å². The van der Waals surface area contributed by atoms with Crippen molar-refractivity contribution >= 4 is 51.2 Å². The first-order chi connectivity index (χ1) is 24.0. The zero-order valence-electron chi connectivity index (χ0n) is 27.5. The third-order valence-corrected chi connectivity index (χ3v) is 11.3. The highest BCUT2D eigenvalue weighted by molar-refractivity contribution is 9.10. The molecule has 3 aromatic carbocycles. The Morgan fingerprint density at radius 3 is 2.40 bits per heavy atom. The average molecular weight is 743 g/mol. The third-order valence-electron chi connectivity index (χ3n) is 10.9. The number of carboxylic acids is 1. The monoisotopic (exact) mass is 741 g/mol. The molecule has 50 heavy (non-hydrogen) atoms. The number of methoxy groups -OCH3 is 1. The Bertz CT molecular complexity index is 1950. The summed E-state index contributed by atoms with van der Waals surface area (Å²) >= 11 is 3.55. The summed E-state index contributed by atoms with van der Waals surface area (Å²) in [5, 5.41) is 22.0. The van der Waals surface area contributed by atoms with Gasteiger partial charge in [0, 0.05) is 28.9 Å². The smallest absolute Gasteiger partial charge is 0.303 e. The van der Waals surface area contributed by atoms with Gasteiger partial charge in [-0.2, -0.15) is 5.01 Å². The van der Waals surface area contributed by atoms with Crippen LogP contribution in [-0.2, 0) is 29.4 Å². The van der Waals surface area contributed by atoms with Crippen LogP contribution in [0.1, 0.15) is 48.3 Å². The lowest BCUT2D eigenvalue weighted by molar-refractivity contribution is -0.142. The predicted molar refractivity (Wildman–Crippen MR) is 185 cm³/mol. The third kappa shape index (κ3) is 5.10. The number of fused-ring (bicyclic) bond motifs is 4. The minimum absolute atomic E-state index is 0.0187. The molecule has 0 aromatic heterocycles. The molecule has 3 aromatic rings. The molecule has 12 heteroatoms. The van der Waals surface area contributed by atoms with Gasteiger partial charge in [0.1, 0.15) is 0 Å². The number of anilines is 1. The number of aliphatic carboxylic acids is 1. The summed E-state index contributed by atoms with van der Waals surface area (Å²) in [5.41, 5.74) is 4.65. The van der Waals surface area contributed by atoms with Gasteiger partial charge in [0.15, 0.2) is 11.5 Å². The molecule has 2 heterocycles. The molecule has 3 fully saturated rings. The van der Waals surface area contributed by atoms with E-state index >= 15 is 4.79 Å². The fourth-order valence-corrected chi connectivity index (χ4v) is 9.19. The van der Waals surface area contributed by atoms with Gasteiger partial charge in [-0.1, -0.05) is 75.6 Å². The maximum absolute atomic E-state index is 15.2. The fraction of sp³-hybridized carbons (Fsp3) is 0.342. The van der Waals surface area contributed by atoms with Crippen molar-refractivity contribution in [1.82, 2.24) is 9.91 Å². The van der Waals surface area contributed by atoms with E-state index in [4.69, 9.17) is 4.74 Å². The van der Waals surface area contributed by atoms with Crippen molar-refractivity contribution in [3.05, 3.63) is 99.5 Å². The molecule has 2 aliphatic heterocycles. The SMILES string of the molecule is COc1cc(Br)cc(C2C3=CCC4C(=O)N(CCCC(=O)O)C(=O)C4C3CC3C(=O)N(Nc4ccc(C)cc4)C(=O)C32c2ccccc2)c1O. The molecular weight excluding hydrogens is 706 g/mol. The zero-order valence-corrected chi connectivity index (χ0v) is 29.1. The largest absolute Gasteiger partial charge is 0.504 e. The zero-order chi connectivity index (χ0) is 35.5. The number of rotatable bonds is 9. The first-order valence-electron chi connectivity index (χ1n) is 16.6. The Balaban J connectivity index is 1.43. The second-order valence-electron chi connectivity index (χ2n) is 13.5. The van der Waals surface area contributed by atoms with Crippen LogP contribution in [0.5, 0.6) is 11.5 Å². The lowest BCUT2D eigenvalue weighted by Gasteiger charge is -2.50. The van der Waals surface area contributed by atoms with Gasteiger partial charge in [-0.25, -0.2) is 0 Å². The Hall–Kier alpha value is -4.97. The van der Waals surface area contributed by atoms with Crippen molar-refractivity contribution in [3.8, 4) is 11.5 Å². The highest BCUT2D eigenvalue weighted by Gasteiger charge is 2.70. The van der Waals surface area contributed by atoms with Crippen LogP contribution in [0.4, 0.5) is 5.69 Å². The van der Waals surface area contributed by atoms with Crippen LogP contribution in [0, 0.1) is 30.6 Å². The van der Waals surface area contributed by atoms with Gasteiger partial charge in [-0.3, -0.25) is 34.3 Å². The van der Waals surface area contributed by atoms with Gasteiger partial charge in [0.05, 0.1) is 36.0 Å². The molecule has 11 nitrogen and oxygen atoms in total. The van der Waals surface area contributed by atoms with E-state index in [0.29, 0.717) is 26.9 Å². The number of carbonyl (C=O) groups is 5. The summed E-state index contributed by atoms with van der Waals surface area (Å²) < 4.78 is 6.12. The Kier molecular flexibility index (Phi) is 8.53. The molecule has 4 amide bonds. The summed E-state index contributed by atoms with van der Waals surface area (Å²) in [6.45, 7) is 1.92. The van der Waals surface area contributed by atoms with E-state index in [-0.39, 0.29) is 49.6 Å². The molecule has 1 saturated carbocycles. The van der Waals surface area contributed by atoms with Gasteiger partial charge in [0.25, 0.3) is 11.8 Å². The van der Waals surface area contributed by atoms with Crippen molar-refractivity contribution < 1.29 is 38.9 Å². The molecule has 3 N–H and O–H groups in total. The number of imide groups is 2. The van der Waals surface area contributed by atoms with E-state index in [9.17, 15) is 29.4 Å². The number of carboxylic acid groups (broad SMARTS) is 1. The summed E-state index contributed by atoms with van der Waals surface area (Å²) in [4.78, 5) is 70.2. The average Bonchev–Trinajstić information content (AvgIpc) is 3.47. The number of likely N-dealkylation sites (tertiary alicyclic amines) is 1. The number of amides is 4. The van der Waals surface area contributed by atoms with Gasteiger partial charge in [-0.15, -0.1) is 0 Å². The van der Waals surface area contributed by atoms with Crippen LogP contribution in [0.15, 0.2) is 82.9 Å². The molecular formula is C38H36BrN3O8. The van der Waals surface area contributed by atoms with Crippen LogP contribution in [0.25, 0.3) is 0 Å². The Morgan fingerprint density at radius 2 is 1.72 bits per heavy atom. The van der Waals surface area contributed by atoms with E-state index in [1.807, 2.05) is 43.3 Å². The van der Waals surface area contributed by atoms with Crippen LogP contribution >= 0.6 is 15.9 Å². The normalized spacial score (nSPS) is 27.1. The van der Waals surface area contributed by atoms with Crippen molar-refractivity contribution in [2.24, 2.45) is 23.7 Å². The minimum atomic E-state index is -1.55. The van der Waals surface area contributed by atoms with Crippen LogP contribution in [-0.4, -0.2) is 63.4 Å². The number of nitrogens with zero attached hydrogens (tertiary/aromatic N) is 2. The van der Waals surface area contributed by atoms with E-state index in [1.165, 1.54) is 7.11 Å². The van der Waals surface area contributed by atoms with Gasteiger partial charge >= 0.3 is 5.97 Å². The number of aromatic hydroxyl groups is 1. The maximum Gasteiger partial charge on any atom is 0.303 e. The number of phenols is 1. The second-order valence-corrected chi connectivity index (χ2v) is 14.4. The van der Waals surface area contributed by atoms with Gasteiger partial charge in [0.2, 0.25) is 11.8 Å². The number of phenolic OH excluding ortho intramolecular Hbond substituents is 1. The molecule has 0 radical (unpaired) electrons. The maximum atomic E-state index is 15.2. The number of carbonyl (C=O) groups excluding carboxylic acids is 4. The first-order valence-corrected chi connectivity index (χ1v) is 17.4. The summed E-state index contributed by atoms with van der Waals surface area (Å²) in [7, 11) is 1.43. The van der Waals surface area contributed by atoms with E-state index in [2.05, 4.69) is 21.4 Å². The molecule has 0 bridgehead atoms. The number of ether oxygens (including phenoxy) is 1. The number of halogens is 1. The number of hydrogen-bond donors (Lipinski definition) is 3. The summed E-state index contributed by atoms with van der Waals surface area (Å²) in [6, 6.07) is 19.7. The molecule has 2 saturated heterocycles. The quantitative estimate of drug-likeness (QED) is 0.195. The fourth-order valence-electron chi connectivity index (χ4n) is 8.74. The summed E-state index contributed by atoms with van der Waals surface area (Å²) in [5.74, 6) is -6.88. The van der Waals surface area contributed by atoms with Crippen molar-refractivity contribution in [2.75, 3.05) is 19.1 Å². The molecule has 0 spiro atoms. The highest BCUT2D eigenvalue weighted by atomic mass is 79.9. The molecule has 6 unspecified atom stereocenters. The molecule has 2 aliphatic carbocycles. The molecule has 4 aliphatic rings. The number of hydrazine groups is 1. The van der Waals surface area contributed by atoms with Crippen LogP contribution in [0.2, 0.25) is 0 Å². The van der Waals surface area contributed by atoms with Crippen molar-refractivity contribution in [2.45, 2.75) is 43.9 Å². The lowest BCUT2D eigenvalue weighted by atomic mass is 9.49. The summed E-state index contributed by atoms with van der Waals surface area (Å²) in [6.07, 6.45) is 2.15. The molecule has 7 rings (SSSR count). The lowest BCUT2D eigenvalue weighted by Crippen LogP contribution is -2.53. The van der Waals surface area contributed by atoms with Crippen LogP contribution < -0.4 is 10.2 Å². The molecule has 6 atom stereocenters. The standard InChI is InChI=1S/C38H36BrN3O8/c1-20-10-12-23(13-11-20)40-42-35(47)28-19-26-24(14-15-25-31(26)36(48)41(34(25)46)16-6-9-30(43)44)32(27-17-22(39)18-29(50-2)33(27)45)38(28,37(42)49)21-7-4-3-5-8-21/h3-5,7-8,10-14,17-18,25-26,28,31-32,40,45H,6,9,15-16,19H2,1-2H3,(H,43,44). The van der Waals surface area contributed by atoms with Crippen molar-refractivity contribution in [3.63, 3.8) is 0 Å². The number of aryl methyl sites for hydroxylation is 1. The topological polar surface area (TPSA) is 154 Å². The van der Waals surface area contributed by atoms with Crippen LogP contribution in [0.3, 0.4) is 0 Å². The predicted octanol–water partition coefficient (Wildman–Crippen LogP) is 5.32. The molecule has 258 valence electrons. The van der Waals surface area contributed by atoms with E-state index in [0.717, 1.165) is 15.5 Å². The number of nitrogens with one attached hydrogen (secondary N) is 1. The second kappa shape index (κ2) is 12.7. The number of benzene rings is 3.